The first kappa shape index (κ1) is 19.8. The SMILES string of the molecule is Brc1sccc1-c1cccc(N(c2ccccc2)c2ccccc2-c2ccccc2)c1. The predicted octanol–water partition coefficient (Wildman–Crippen LogP) is 9.31. The lowest BCUT2D eigenvalue weighted by Gasteiger charge is -2.28. The van der Waals surface area contributed by atoms with Crippen LogP contribution in [0.2, 0.25) is 0 Å². The zero-order valence-corrected chi connectivity index (χ0v) is 19.2. The molecule has 1 heterocycles. The monoisotopic (exact) mass is 481 g/mol. The van der Waals surface area contributed by atoms with Crippen LogP contribution < -0.4 is 4.90 Å². The number of hydrogen-bond acceptors (Lipinski definition) is 2. The van der Waals surface area contributed by atoms with E-state index in [1.807, 2.05) is 0 Å². The van der Waals surface area contributed by atoms with E-state index in [0.717, 1.165) is 20.8 Å². The van der Waals surface area contributed by atoms with Crippen LogP contribution in [0.4, 0.5) is 17.1 Å². The average Bonchev–Trinajstić information content (AvgIpc) is 3.27. The first-order chi connectivity index (χ1) is 15.3. The van der Waals surface area contributed by atoms with Crippen molar-refractivity contribution in [2.24, 2.45) is 0 Å². The van der Waals surface area contributed by atoms with Gasteiger partial charge in [0.1, 0.15) is 0 Å². The highest BCUT2D eigenvalue weighted by Crippen LogP contribution is 2.42. The molecule has 4 aromatic carbocycles. The van der Waals surface area contributed by atoms with Crippen LogP contribution in [-0.2, 0) is 0 Å². The maximum absolute atomic E-state index is 3.70. The molecule has 1 nitrogen and oxygen atoms in total. The first-order valence-electron chi connectivity index (χ1n) is 10.1. The van der Waals surface area contributed by atoms with Crippen LogP contribution in [0.5, 0.6) is 0 Å². The lowest BCUT2D eigenvalue weighted by atomic mass is 10.0. The summed E-state index contributed by atoms with van der Waals surface area (Å²) in [5.41, 5.74) is 8.24. The number of benzene rings is 4. The van der Waals surface area contributed by atoms with Crippen LogP contribution in [0.25, 0.3) is 22.3 Å². The predicted molar refractivity (Wildman–Crippen MR) is 138 cm³/mol. The van der Waals surface area contributed by atoms with Crippen molar-refractivity contribution >= 4 is 44.3 Å². The number of thiophene rings is 1. The van der Waals surface area contributed by atoms with Crippen molar-refractivity contribution in [1.29, 1.82) is 0 Å². The second-order valence-corrected chi connectivity index (χ2v) is 9.45. The highest BCUT2D eigenvalue weighted by molar-refractivity contribution is 9.11. The third-order valence-corrected chi connectivity index (χ3v) is 6.96. The van der Waals surface area contributed by atoms with Crippen LogP contribution in [0, 0.1) is 0 Å². The van der Waals surface area contributed by atoms with Crippen LogP contribution in [-0.4, -0.2) is 0 Å². The van der Waals surface area contributed by atoms with E-state index in [9.17, 15) is 0 Å². The Morgan fingerprint density at radius 1 is 0.548 bits per heavy atom. The van der Waals surface area contributed by atoms with E-state index in [0.29, 0.717) is 0 Å². The van der Waals surface area contributed by atoms with Crippen molar-refractivity contribution in [3.63, 3.8) is 0 Å². The normalized spacial score (nSPS) is 10.7. The van der Waals surface area contributed by atoms with Crippen LogP contribution in [0.1, 0.15) is 0 Å². The number of para-hydroxylation sites is 2. The van der Waals surface area contributed by atoms with E-state index in [4.69, 9.17) is 0 Å². The molecule has 0 fully saturated rings. The van der Waals surface area contributed by atoms with Crippen molar-refractivity contribution < 1.29 is 0 Å². The first-order valence-corrected chi connectivity index (χ1v) is 11.8. The lowest BCUT2D eigenvalue weighted by Crippen LogP contribution is -2.11. The van der Waals surface area contributed by atoms with Gasteiger partial charge in [-0.05, 0) is 68.8 Å². The molecule has 0 spiro atoms. The molecule has 0 saturated heterocycles. The Hall–Kier alpha value is -3.14. The Kier molecular flexibility index (Phi) is 5.70. The minimum Gasteiger partial charge on any atom is -0.310 e. The van der Waals surface area contributed by atoms with Gasteiger partial charge in [0.15, 0.2) is 0 Å². The van der Waals surface area contributed by atoms with E-state index in [1.54, 1.807) is 11.3 Å². The molecule has 0 saturated carbocycles. The van der Waals surface area contributed by atoms with Gasteiger partial charge in [0.05, 0.1) is 9.47 Å². The Morgan fingerprint density at radius 2 is 1.19 bits per heavy atom. The molecule has 0 aliphatic rings. The smallest absolute Gasteiger partial charge is 0.0776 e. The average molecular weight is 482 g/mol. The van der Waals surface area contributed by atoms with Crippen molar-refractivity contribution in [2.75, 3.05) is 4.90 Å². The third-order valence-electron chi connectivity index (χ3n) is 5.28. The summed E-state index contributed by atoms with van der Waals surface area (Å²) in [5.74, 6) is 0. The molecule has 0 radical (unpaired) electrons. The molecule has 31 heavy (non-hydrogen) atoms. The van der Waals surface area contributed by atoms with Crippen molar-refractivity contribution in [3.8, 4) is 22.3 Å². The quantitative estimate of drug-likeness (QED) is 0.241. The maximum atomic E-state index is 3.70. The van der Waals surface area contributed by atoms with Crippen LogP contribution >= 0.6 is 27.3 Å². The van der Waals surface area contributed by atoms with Gasteiger partial charge in [0.2, 0.25) is 0 Å². The van der Waals surface area contributed by atoms with E-state index in [1.165, 1.54) is 22.3 Å². The van der Waals surface area contributed by atoms with E-state index < -0.39 is 0 Å². The molecule has 0 bridgehead atoms. The molecule has 5 aromatic rings. The highest BCUT2D eigenvalue weighted by Gasteiger charge is 2.17. The molecule has 0 atom stereocenters. The second kappa shape index (κ2) is 8.93. The molecule has 0 aliphatic heterocycles. The van der Waals surface area contributed by atoms with Crippen molar-refractivity contribution in [2.45, 2.75) is 0 Å². The molecule has 3 heteroatoms. The summed E-state index contributed by atoms with van der Waals surface area (Å²) >= 11 is 5.41. The van der Waals surface area contributed by atoms with E-state index in [-0.39, 0.29) is 0 Å². The van der Waals surface area contributed by atoms with E-state index >= 15 is 0 Å². The van der Waals surface area contributed by atoms with Crippen LogP contribution in [0.15, 0.2) is 124 Å². The Balaban J connectivity index is 1.71. The second-order valence-electron chi connectivity index (χ2n) is 7.21. The summed E-state index contributed by atoms with van der Waals surface area (Å²) in [6.45, 7) is 0. The Bertz CT molecular complexity index is 1290. The summed E-state index contributed by atoms with van der Waals surface area (Å²) in [6.07, 6.45) is 0. The molecule has 150 valence electrons. The maximum Gasteiger partial charge on any atom is 0.0776 e. The van der Waals surface area contributed by atoms with Gasteiger partial charge >= 0.3 is 0 Å². The van der Waals surface area contributed by atoms with Gasteiger partial charge in [0, 0.05) is 22.5 Å². The molecule has 0 unspecified atom stereocenters. The minimum absolute atomic E-state index is 1.13. The summed E-state index contributed by atoms with van der Waals surface area (Å²) in [6, 6.07) is 40.7. The topological polar surface area (TPSA) is 3.24 Å². The zero-order chi connectivity index (χ0) is 21.0. The number of halogens is 1. The number of nitrogens with zero attached hydrogens (tertiary/aromatic N) is 1. The molecule has 0 aliphatic carbocycles. The molecule has 1 aromatic heterocycles. The minimum atomic E-state index is 1.13. The zero-order valence-electron chi connectivity index (χ0n) is 16.8. The highest BCUT2D eigenvalue weighted by atomic mass is 79.9. The van der Waals surface area contributed by atoms with Crippen molar-refractivity contribution in [3.05, 3.63) is 124 Å². The van der Waals surface area contributed by atoms with Gasteiger partial charge in [-0.2, -0.15) is 0 Å². The number of hydrogen-bond donors (Lipinski definition) is 0. The third kappa shape index (κ3) is 4.07. The lowest BCUT2D eigenvalue weighted by molar-refractivity contribution is 1.28. The largest absolute Gasteiger partial charge is 0.310 e. The van der Waals surface area contributed by atoms with Gasteiger partial charge in [-0.3, -0.25) is 0 Å². The summed E-state index contributed by atoms with van der Waals surface area (Å²) < 4.78 is 1.15. The summed E-state index contributed by atoms with van der Waals surface area (Å²) in [7, 11) is 0. The van der Waals surface area contributed by atoms with Crippen molar-refractivity contribution in [1.82, 2.24) is 0 Å². The summed E-state index contributed by atoms with van der Waals surface area (Å²) in [4.78, 5) is 2.34. The number of rotatable bonds is 5. The standard InChI is InChI=1S/C28H20BrNS/c29-28-26(18-19-31-28)22-12-9-15-24(20-22)30(23-13-5-2-6-14-23)27-17-8-7-16-25(27)21-10-3-1-4-11-21/h1-20H. The fourth-order valence-electron chi connectivity index (χ4n) is 3.85. The Labute approximate surface area is 195 Å². The van der Waals surface area contributed by atoms with Gasteiger partial charge in [0.25, 0.3) is 0 Å². The van der Waals surface area contributed by atoms with Gasteiger partial charge in [-0.25, -0.2) is 0 Å². The van der Waals surface area contributed by atoms with Crippen LogP contribution in [0.3, 0.4) is 0 Å². The van der Waals surface area contributed by atoms with E-state index in [2.05, 4.69) is 141 Å². The molecule has 0 amide bonds. The molecular weight excluding hydrogens is 462 g/mol. The Morgan fingerprint density at radius 3 is 1.94 bits per heavy atom. The number of anilines is 3. The van der Waals surface area contributed by atoms with Gasteiger partial charge < -0.3 is 4.90 Å². The molecule has 0 N–H and O–H groups in total. The molecule has 5 rings (SSSR count). The fourth-order valence-corrected chi connectivity index (χ4v) is 5.17. The summed E-state index contributed by atoms with van der Waals surface area (Å²) in [5, 5.41) is 2.12. The molecular formula is C28H20BrNS. The van der Waals surface area contributed by atoms with Gasteiger partial charge in [-0.1, -0.05) is 78.9 Å². The fraction of sp³-hybridized carbons (Fsp3) is 0. The van der Waals surface area contributed by atoms with Gasteiger partial charge in [-0.15, -0.1) is 11.3 Å².